The number of anilines is 2. The van der Waals surface area contributed by atoms with E-state index in [-0.39, 0.29) is 11.5 Å². The van der Waals surface area contributed by atoms with Crippen LogP contribution >= 0.6 is 0 Å². The van der Waals surface area contributed by atoms with Gasteiger partial charge in [0.15, 0.2) is 0 Å². The molecule has 1 fully saturated rings. The van der Waals surface area contributed by atoms with Gasteiger partial charge in [0, 0.05) is 6.54 Å². The lowest BCUT2D eigenvalue weighted by Crippen LogP contribution is -2.53. The molecule has 0 amide bonds. The molecule has 0 aromatic heterocycles. The average Bonchev–Trinajstić information content (AvgIpc) is 2.39. The predicted octanol–water partition coefficient (Wildman–Crippen LogP) is 2.06. The summed E-state index contributed by atoms with van der Waals surface area (Å²) in [5.74, 6) is -0.341. The molecule has 5 heteroatoms. The van der Waals surface area contributed by atoms with Crippen molar-refractivity contribution in [2.45, 2.75) is 26.3 Å². The van der Waals surface area contributed by atoms with Crippen molar-refractivity contribution < 1.29 is 14.3 Å². The fraction of sp³-hybridized carbons (Fsp3) is 0.533. The maximum absolute atomic E-state index is 11.7. The number of hydrogen-bond donors (Lipinski definition) is 1. The van der Waals surface area contributed by atoms with Crippen LogP contribution in [0.15, 0.2) is 18.2 Å². The van der Waals surface area contributed by atoms with Gasteiger partial charge in [0.05, 0.1) is 42.3 Å². The zero-order valence-corrected chi connectivity index (χ0v) is 12.3. The first kappa shape index (κ1) is 14.7. The molecular formula is C15H22N2O3. The van der Waals surface area contributed by atoms with Gasteiger partial charge in [-0.25, -0.2) is 4.79 Å². The van der Waals surface area contributed by atoms with Crippen molar-refractivity contribution in [3.63, 3.8) is 0 Å². The highest BCUT2D eigenvalue weighted by atomic mass is 16.5. The smallest absolute Gasteiger partial charge is 0.338 e. The summed E-state index contributed by atoms with van der Waals surface area (Å²) in [6, 6.07) is 5.32. The Bertz CT molecular complexity index is 500. The molecule has 0 aliphatic carbocycles. The van der Waals surface area contributed by atoms with Crippen LogP contribution < -0.4 is 10.6 Å². The Morgan fingerprint density at radius 2 is 2.25 bits per heavy atom. The largest absolute Gasteiger partial charge is 0.462 e. The number of nitrogens with two attached hydrogens (primary N) is 1. The Morgan fingerprint density at radius 1 is 1.50 bits per heavy atom. The highest BCUT2D eigenvalue weighted by Crippen LogP contribution is 2.32. The van der Waals surface area contributed by atoms with Gasteiger partial charge < -0.3 is 20.1 Å². The first-order chi connectivity index (χ1) is 9.45. The SMILES string of the molecule is CCOC(=O)c1ccc(N2CCOCC2(C)C)c(N)c1. The molecule has 0 unspecified atom stereocenters. The van der Waals surface area contributed by atoms with Gasteiger partial charge in [-0.05, 0) is 39.0 Å². The second kappa shape index (κ2) is 5.71. The molecule has 2 rings (SSSR count). The summed E-state index contributed by atoms with van der Waals surface area (Å²) < 4.78 is 10.5. The number of benzene rings is 1. The van der Waals surface area contributed by atoms with Crippen LogP contribution in [0.4, 0.5) is 11.4 Å². The van der Waals surface area contributed by atoms with Gasteiger partial charge in [0.2, 0.25) is 0 Å². The molecule has 110 valence electrons. The number of hydrogen-bond acceptors (Lipinski definition) is 5. The number of carbonyl (C=O) groups is 1. The molecule has 0 bridgehead atoms. The monoisotopic (exact) mass is 278 g/mol. The number of ether oxygens (including phenoxy) is 2. The van der Waals surface area contributed by atoms with Gasteiger partial charge in [-0.3, -0.25) is 0 Å². The average molecular weight is 278 g/mol. The van der Waals surface area contributed by atoms with Gasteiger partial charge in [0.25, 0.3) is 0 Å². The normalized spacial score (nSPS) is 17.9. The topological polar surface area (TPSA) is 64.8 Å². The quantitative estimate of drug-likeness (QED) is 0.677. The molecule has 0 spiro atoms. The molecule has 0 atom stereocenters. The van der Waals surface area contributed by atoms with E-state index in [0.29, 0.717) is 31.1 Å². The van der Waals surface area contributed by atoms with E-state index in [2.05, 4.69) is 18.7 Å². The van der Waals surface area contributed by atoms with Crippen LogP contribution in [-0.2, 0) is 9.47 Å². The molecule has 1 aromatic rings. The standard InChI is InChI=1S/C15H22N2O3/c1-4-20-14(18)11-5-6-13(12(16)9-11)17-7-8-19-10-15(17,2)3/h5-6,9H,4,7-8,10,16H2,1-3H3. The third kappa shape index (κ3) is 2.88. The van der Waals surface area contributed by atoms with Crippen LogP contribution in [0.2, 0.25) is 0 Å². The van der Waals surface area contributed by atoms with Crippen molar-refractivity contribution in [1.82, 2.24) is 0 Å². The molecular weight excluding hydrogens is 256 g/mol. The van der Waals surface area contributed by atoms with E-state index in [1.54, 1.807) is 19.1 Å². The van der Waals surface area contributed by atoms with E-state index >= 15 is 0 Å². The van der Waals surface area contributed by atoms with Crippen LogP contribution in [0.1, 0.15) is 31.1 Å². The van der Waals surface area contributed by atoms with E-state index in [1.165, 1.54) is 0 Å². The highest BCUT2D eigenvalue weighted by Gasteiger charge is 2.31. The highest BCUT2D eigenvalue weighted by molar-refractivity contribution is 5.92. The number of morpholine rings is 1. The third-order valence-electron chi connectivity index (χ3n) is 3.47. The second-order valence-corrected chi connectivity index (χ2v) is 5.51. The molecule has 0 radical (unpaired) electrons. The number of nitrogens with zero attached hydrogens (tertiary/aromatic N) is 1. The molecule has 0 saturated carbocycles. The lowest BCUT2D eigenvalue weighted by Gasteiger charge is -2.44. The molecule has 1 aromatic carbocycles. The molecule has 1 heterocycles. The minimum atomic E-state index is -0.341. The van der Waals surface area contributed by atoms with Gasteiger partial charge in [-0.1, -0.05) is 0 Å². The van der Waals surface area contributed by atoms with Crippen molar-refractivity contribution in [2.75, 3.05) is 37.0 Å². The van der Waals surface area contributed by atoms with Gasteiger partial charge >= 0.3 is 5.97 Å². The number of rotatable bonds is 3. The zero-order chi connectivity index (χ0) is 14.8. The van der Waals surface area contributed by atoms with E-state index in [9.17, 15) is 4.79 Å². The lowest BCUT2D eigenvalue weighted by atomic mass is 10.0. The maximum atomic E-state index is 11.7. The van der Waals surface area contributed by atoms with Crippen LogP contribution in [-0.4, -0.2) is 37.9 Å². The number of nitrogen functional groups attached to an aromatic ring is 1. The summed E-state index contributed by atoms with van der Waals surface area (Å²) in [6.07, 6.45) is 0. The summed E-state index contributed by atoms with van der Waals surface area (Å²) in [5, 5.41) is 0. The summed E-state index contributed by atoms with van der Waals surface area (Å²) in [6.45, 7) is 8.50. The second-order valence-electron chi connectivity index (χ2n) is 5.51. The van der Waals surface area contributed by atoms with Gasteiger partial charge in [-0.15, -0.1) is 0 Å². The van der Waals surface area contributed by atoms with Gasteiger partial charge in [0.1, 0.15) is 0 Å². The van der Waals surface area contributed by atoms with Crippen molar-refractivity contribution in [2.24, 2.45) is 0 Å². The van der Waals surface area contributed by atoms with E-state index in [0.717, 1.165) is 12.2 Å². The van der Waals surface area contributed by atoms with Crippen LogP contribution in [0, 0.1) is 0 Å². The molecule has 20 heavy (non-hydrogen) atoms. The van der Waals surface area contributed by atoms with E-state index in [4.69, 9.17) is 15.2 Å². The number of carbonyl (C=O) groups excluding carboxylic acids is 1. The third-order valence-corrected chi connectivity index (χ3v) is 3.47. The van der Waals surface area contributed by atoms with Crippen molar-refractivity contribution >= 4 is 17.3 Å². The molecule has 1 saturated heterocycles. The van der Waals surface area contributed by atoms with Crippen molar-refractivity contribution in [1.29, 1.82) is 0 Å². The molecule has 2 N–H and O–H groups in total. The fourth-order valence-electron chi connectivity index (χ4n) is 2.45. The minimum Gasteiger partial charge on any atom is -0.462 e. The first-order valence-electron chi connectivity index (χ1n) is 6.88. The Labute approximate surface area is 119 Å². The molecule has 5 nitrogen and oxygen atoms in total. The maximum Gasteiger partial charge on any atom is 0.338 e. The number of esters is 1. The van der Waals surface area contributed by atoms with Crippen molar-refractivity contribution in [3.05, 3.63) is 23.8 Å². The predicted molar refractivity (Wildman–Crippen MR) is 79.1 cm³/mol. The lowest BCUT2D eigenvalue weighted by molar-refractivity contribution is 0.0526. The molecule has 1 aliphatic heterocycles. The Morgan fingerprint density at radius 3 is 2.85 bits per heavy atom. The summed E-state index contributed by atoms with van der Waals surface area (Å²) in [5.41, 5.74) is 8.01. The minimum absolute atomic E-state index is 0.113. The van der Waals surface area contributed by atoms with Gasteiger partial charge in [-0.2, -0.15) is 0 Å². The summed E-state index contributed by atoms with van der Waals surface area (Å²) in [4.78, 5) is 13.9. The first-order valence-corrected chi connectivity index (χ1v) is 6.88. The Kier molecular flexibility index (Phi) is 4.18. The van der Waals surface area contributed by atoms with Crippen LogP contribution in [0.3, 0.4) is 0 Å². The molecule has 1 aliphatic rings. The summed E-state index contributed by atoms with van der Waals surface area (Å²) >= 11 is 0. The zero-order valence-electron chi connectivity index (χ0n) is 12.3. The Balaban J connectivity index is 2.27. The van der Waals surface area contributed by atoms with E-state index < -0.39 is 0 Å². The van der Waals surface area contributed by atoms with Crippen LogP contribution in [0.5, 0.6) is 0 Å². The fourth-order valence-corrected chi connectivity index (χ4v) is 2.45. The summed E-state index contributed by atoms with van der Waals surface area (Å²) in [7, 11) is 0. The van der Waals surface area contributed by atoms with Crippen molar-refractivity contribution in [3.8, 4) is 0 Å². The van der Waals surface area contributed by atoms with E-state index in [1.807, 2.05) is 6.07 Å². The Hall–Kier alpha value is -1.75. The van der Waals surface area contributed by atoms with Crippen LogP contribution in [0.25, 0.3) is 0 Å².